The maximum Gasteiger partial charge on any atom is 0.258 e. The molecular formula is C20H20ClN3O2. The van der Waals surface area contributed by atoms with Gasteiger partial charge < -0.3 is 5.32 Å². The van der Waals surface area contributed by atoms with Crippen LogP contribution < -0.4 is 5.32 Å². The lowest BCUT2D eigenvalue weighted by Gasteiger charge is -2.22. The Hall–Kier alpha value is -2.84. The standard InChI is InChI=1S/C20H20ClN3O2/c1-2-24(14-22)20(26)18(12-15-7-4-3-5-8-15)23-19(25)17-10-6-9-16(11-17)13-21/h3-11,18H,2,12-13H2,1H3,(H,23,25). The summed E-state index contributed by atoms with van der Waals surface area (Å²) in [7, 11) is 0. The molecule has 1 unspecified atom stereocenters. The molecule has 0 fully saturated rings. The van der Waals surface area contributed by atoms with E-state index in [-0.39, 0.29) is 12.5 Å². The Bertz CT molecular complexity index is 802. The number of nitrogens with zero attached hydrogens (tertiary/aromatic N) is 2. The van der Waals surface area contributed by atoms with Crippen LogP contribution in [0.1, 0.15) is 28.4 Å². The minimum Gasteiger partial charge on any atom is -0.340 e. The monoisotopic (exact) mass is 369 g/mol. The second-order valence-corrected chi connectivity index (χ2v) is 6.00. The number of likely N-dealkylation sites (N-methyl/N-ethyl adjacent to an activating group) is 1. The number of hydrogen-bond acceptors (Lipinski definition) is 3. The van der Waals surface area contributed by atoms with Gasteiger partial charge in [-0.25, -0.2) is 4.90 Å². The van der Waals surface area contributed by atoms with E-state index in [1.54, 1.807) is 25.1 Å². The molecule has 6 heteroatoms. The Morgan fingerprint density at radius 2 is 1.85 bits per heavy atom. The van der Waals surface area contributed by atoms with Crippen LogP contribution in [0.4, 0.5) is 0 Å². The first kappa shape index (κ1) is 19.5. The molecule has 2 aromatic rings. The summed E-state index contributed by atoms with van der Waals surface area (Å²) in [6, 6.07) is 15.5. The fourth-order valence-corrected chi connectivity index (χ4v) is 2.72. The second-order valence-electron chi connectivity index (χ2n) is 5.73. The third-order valence-corrected chi connectivity index (χ3v) is 4.24. The first-order valence-corrected chi connectivity index (χ1v) is 8.83. The molecule has 0 saturated heterocycles. The van der Waals surface area contributed by atoms with Crippen molar-refractivity contribution in [2.75, 3.05) is 6.54 Å². The van der Waals surface area contributed by atoms with Crippen LogP contribution >= 0.6 is 11.6 Å². The summed E-state index contributed by atoms with van der Waals surface area (Å²) in [5.74, 6) is -0.508. The van der Waals surface area contributed by atoms with E-state index >= 15 is 0 Å². The van der Waals surface area contributed by atoms with Crippen LogP contribution in [0.5, 0.6) is 0 Å². The fraction of sp³-hybridized carbons (Fsp3) is 0.250. The van der Waals surface area contributed by atoms with Crippen molar-refractivity contribution in [1.82, 2.24) is 10.2 Å². The Morgan fingerprint density at radius 1 is 1.15 bits per heavy atom. The molecule has 0 spiro atoms. The van der Waals surface area contributed by atoms with Crippen LogP contribution in [0.2, 0.25) is 0 Å². The van der Waals surface area contributed by atoms with Gasteiger partial charge in [0.1, 0.15) is 6.04 Å². The molecule has 0 aliphatic carbocycles. The lowest BCUT2D eigenvalue weighted by atomic mass is 10.0. The van der Waals surface area contributed by atoms with Crippen molar-refractivity contribution in [2.24, 2.45) is 0 Å². The average molecular weight is 370 g/mol. The number of nitrogens with one attached hydrogen (secondary N) is 1. The average Bonchev–Trinajstić information content (AvgIpc) is 2.69. The fourth-order valence-electron chi connectivity index (χ4n) is 2.55. The number of carbonyl (C=O) groups excluding carboxylic acids is 2. The highest BCUT2D eigenvalue weighted by Crippen LogP contribution is 2.10. The van der Waals surface area contributed by atoms with Crippen molar-refractivity contribution in [3.05, 3.63) is 71.3 Å². The predicted octanol–water partition coefficient (Wildman–Crippen LogP) is 3.10. The van der Waals surface area contributed by atoms with Crippen LogP contribution in [0.25, 0.3) is 0 Å². The van der Waals surface area contributed by atoms with E-state index in [4.69, 9.17) is 16.9 Å². The van der Waals surface area contributed by atoms with E-state index in [9.17, 15) is 9.59 Å². The van der Waals surface area contributed by atoms with E-state index in [0.717, 1.165) is 16.0 Å². The molecule has 2 aromatic carbocycles. The zero-order valence-electron chi connectivity index (χ0n) is 14.5. The smallest absolute Gasteiger partial charge is 0.258 e. The summed E-state index contributed by atoms with van der Waals surface area (Å²) in [4.78, 5) is 26.3. The lowest BCUT2D eigenvalue weighted by molar-refractivity contribution is -0.130. The highest BCUT2D eigenvalue weighted by molar-refractivity contribution is 6.17. The molecule has 2 amide bonds. The normalized spacial score (nSPS) is 11.3. The molecule has 26 heavy (non-hydrogen) atoms. The van der Waals surface area contributed by atoms with Crippen LogP contribution in [0.15, 0.2) is 54.6 Å². The molecule has 0 aliphatic heterocycles. The van der Waals surface area contributed by atoms with Crippen molar-refractivity contribution in [3.8, 4) is 6.19 Å². The third kappa shape index (κ3) is 5.08. The molecule has 2 rings (SSSR count). The van der Waals surface area contributed by atoms with Crippen molar-refractivity contribution in [3.63, 3.8) is 0 Å². The molecule has 0 heterocycles. The number of alkyl halides is 1. The number of hydrogen-bond donors (Lipinski definition) is 1. The van der Waals surface area contributed by atoms with Crippen molar-refractivity contribution < 1.29 is 9.59 Å². The van der Waals surface area contributed by atoms with Crippen LogP contribution in [-0.2, 0) is 17.1 Å². The maximum atomic E-state index is 12.7. The molecule has 134 valence electrons. The summed E-state index contributed by atoms with van der Waals surface area (Å²) in [5.41, 5.74) is 2.14. The van der Waals surface area contributed by atoms with Crippen LogP contribution in [0.3, 0.4) is 0 Å². The molecule has 0 aromatic heterocycles. The lowest BCUT2D eigenvalue weighted by Crippen LogP contribution is -2.48. The molecule has 0 saturated carbocycles. The maximum absolute atomic E-state index is 12.7. The number of amides is 2. The number of rotatable bonds is 7. The van der Waals surface area contributed by atoms with E-state index in [1.807, 2.05) is 42.6 Å². The second kappa shape index (κ2) is 9.59. The Labute approximate surface area is 158 Å². The van der Waals surface area contributed by atoms with Gasteiger partial charge >= 0.3 is 0 Å². The van der Waals surface area contributed by atoms with Crippen molar-refractivity contribution >= 4 is 23.4 Å². The van der Waals surface area contributed by atoms with Gasteiger partial charge in [0.25, 0.3) is 11.8 Å². The van der Waals surface area contributed by atoms with Gasteiger partial charge in [0.2, 0.25) is 0 Å². The van der Waals surface area contributed by atoms with Gasteiger partial charge in [-0.3, -0.25) is 9.59 Å². The zero-order chi connectivity index (χ0) is 18.9. The largest absolute Gasteiger partial charge is 0.340 e. The van der Waals surface area contributed by atoms with Crippen molar-refractivity contribution in [1.29, 1.82) is 5.26 Å². The van der Waals surface area contributed by atoms with Gasteiger partial charge in [-0.15, -0.1) is 11.6 Å². The number of carbonyl (C=O) groups is 2. The van der Waals surface area contributed by atoms with E-state index in [0.29, 0.717) is 17.9 Å². The number of halogens is 1. The SMILES string of the molecule is CCN(C#N)C(=O)C(Cc1ccccc1)NC(=O)c1cccc(CCl)c1. The van der Waals surface area contributed by atoms with Crippen LogP contribution in [-0.4, -0.2) is 29.3 Å². The number of nitriles is 1. The Morgan fingerprint density at radius 3 is 2.46 bits per heavy atom. The summed E-state index contributed by atoms with van der Waals surface area (Å²) in [6.07, 6.45) is 2.17. The van der Waals surface area contributed by atoms with Gasteiger partial charge in [-0.2, -0.15) is 5.26 Å². The van der Waals surface area contributed by atoms with E-state index in [2.05, 4.69) is 5.32 Å². The minimum atomic E-state index is -0.829. The molecular weight excluding hydrogens is 350 g/mol. The molecule has 0 radical (unpaired) electrons. The van der Waals surface area contributed by atoms with Gasteiger partial charge in [0.05, 0.1) is 0 Å². The van der Waals surface area contributed by atoms with E-state index < -0.39 is 11.9 Å². The first-order valence-electron chi connectivity index (χ1n) is 8.29. The van der Waals surface area contributed by atoms with Gasteiger partial charge in [-0.1, -0.05) is 42.5 Å². The molecule has 0 aliphatic rings. The summed E-state index contributed by atoms with van der Waals surface area (Å²) in [5, 5.41) is 11.9. The summed E-state index contributed by atoms with van der Waals surface area (Å²) < 4.78 is 0. The van der Waals surface area contributed by atoms with Crippen LogP contribution in [0, 0.1) is 11.5 Å². The topological polar surface area (TPSA) is 73.2 Å². The predicted molar refractivity (Wildman–Crippen MR) is 100 cm³/mol. The summed E-state index contributed by atoms with van der Waals surface area (Å²) >= 11 is 5.82. The molecule has 1 N–H and O–H groups in total. The quantitative estimate of drug-likeness (QED) is 0.463. The van der Waals surface area contributed by atoms with Gasteiger partial charge in [0, 0.05) is 24.4 Å². The van der Waals surface area contributed by atoms with Gasteiger partial charge in [-0.05, 0) is 30.2 Å². The minimum absolute atomic E-state index is 0.248. The molecule has 1 atom stereocenters. The van der Waals surface area contributed by atoms with E-state index in [1.165, 1.54) is 0 Å². The highest BCUT2D eigenvalue weighted by atomic mass is 35.5. The summed E-state index contributed by atoms with van der Waals surface area (Å²) in [6.45, 7) is 1.96. The molecule has 0 bridgehead atoms. The van der Waals surface area contributed by atoms with Gasteiger partial charge in [0.15, 0.2) is 6.19 Å². The zero-order valence-corrected chi connectivity index (χ0v) is 15.2. The first-order chi connectivity index (χ1) is 12.6. The Balaban J connectivity index is 2.23. The van der Waals surface area contributed by atoms with Crippen molar-refractivity contribution in [2.45, 2.75) is 25.3 Å². The number of benzene rings is 2. The highest BCUT2D eigenvalue weighted by Gasteiger charge is 2.26. The Kier molecular flexibility index (Phi) is 7.19. The third-order valence-electron chi connectivity index (χ3n) is 3.93. The molecule has 5 nitrogen and oxygen atoms in total.